The highest BCUT2D eigenvalue weighted by molar-refractivity contribution is 5.99. The first-order chi connectivity index (χ1) is 9.71. The molecule has 0 radical (unpaired) electrons. The van der Waals surface area contributed by atoms with Crippen molar-refractivity contribution in [2.45, 2.75) is 51.6 Å². The number of hydrogen-bond donors (Lipinski definition) is 1. The van der Waals surface area contributed by atoms with E-state index in [1.165, 1.54) is 5.57 Å². The van der Waals surface area contributed by atoms with Gasteiger partial charge < -0.3 is 5.32 Å². The molecule has 1 aromatic carbocycles. The van der Waals surface area contributed by atoms with Crippen LogP contribution < -0.4 is 5.32 Å². The molecule has 1 aliphatic rings. The number of nitrogens with one attached hydrogen (secondary N) is 1. The van der Waals surface area contributed by atoms with E-state index < -0.39 is 0 Å². The fourth-order valence-electron chi connectivity index (χ4n) is 3.22. The molecule has 3 heteroatoms. The maximum Gasteiger partial charge on any atom is 0.248 e. The Balaban J connectivity index is 2.12. The summed E-state index contributed by atoms with van der Waals surface area (Å²) in [5.74, 6) is -0.0349. The van der Waals surface area contributed by atoms with Crippen LogP contribution >= 0.6 is 0 Å². The molecule has 0 aromatic heterocycles. The Morgan fingerprint density at radius 3 is 2.14 bits per heavy atom. The molecule has 1 aliphatic heterocycles. The van der Waals surface area contributed by atoms with Crippen LogP contribution in [-0.2, 0) is 4.79 Å². The zero-order valence-corrected chi connectivity index (χ0v) is 13.7. The average molecular weight is 286 g/mol. The monoisotopic (exact) mass is 286 g/mol. The van der Waals surface area contributed by atoms with Crippen molar-refractivity contribution in [1.82, 2.24) is 4.90 Å². The Kier molecular flexibility index (Phi) is 4.24. The number of amides is 1. The Labute approximate surface area is 128 Å². The van der Waals surface area contributed by atoms with Gasteiger partial charge in [-0.15, -0.1) is 0 Å². The van der Waals surface area contributed by atoms with Gasteiger partial charge in [0, 0.05) is 22.8 Å². The molecule has 1 heterocycles. The lowest BCUT2D eigenvalue weighted by atomic mass is 9.77. The fraction of sp³-hybridized carbons (Fsp3) is 0.500. The normalized spacial score (nSPS) is 20.9. The van der Waals surface area contributed by atoms with Crippen molar-refractivity contribution < 1.29 is 4.79 Å². The molecule has 0 saturated carbocycles. The molecule has 114 valence electrons. The lowest BCUT2D eigenvalue weighted by molar-refractivity contribution is -0.112. The minimum Gasteiger partial charge on any atom is -0.323 e. The molecule has 21 heavy (non-hydrogen) atoms. The number of hydrogen-bond acceptors (Lipinski definition) is 2. The summed E-state index contributed by atoms with van der Waals surface area (Å²) in [6.45, 7) is 8.93. The first-order valence-corrected chi connectivity index (χ1v) is 7.50. The average Bonchev–Trinajstić information content (AvgIpc) is 2.36. The molecule has 3 nitrogen and oxygen atoms in total. The van der Waals surface area contributed by atoms with Gasteiger partial charge in [-0.1, -0.05) is 23.8 Å². The standard InChI is InChI=1S/C18H26N2O/c1-17(2)12-14(13-18(3,4)20(17)5)11-16(21)19-15-9-7-6-8-10-15/h6-11H,12-13H2,1-5H3,(H,19,21). The van der Waals surface area contributed by atoms with E-state index in [0.29, 0.717) is 0 Å². The minimum absolute atomic E-state index is 0.0349. The highest BCUT2D eigenvalue weighted by Gasteiger charge is 2.40. The molecule has 1 saturated heterocycles. The van der Waals surface area contributed by atoms with Crippen LogP contribution in [0.25, 0.3) is 0 Å². The van der Waals surface area contributed by atoms with Crippen LogP contribution in [0.1, 0.15) is 40.5 Å². The van der Waals surface area contributed by atoms with Crippen molar-refractivity contribution in [3.05, 3.63) is 42.0 Å². The summed E-state index contributed by atoms with van der Waals surface area (Å²) in [6, 6.07) is 9.59. The Hall–Kier alpha value is -1.61. The molecule has 1 fully saturated rings. The zero-order valence-electron chi connectivity index (χ0n) is 13.7. The number of piperidine rings is 1. The minimum atomic E-state index is -0.0349. The van der Waals surface area contributed by atoms with Gasteiger partial charge in [-0.05, 0) is 59.7 Å². The number of carbonyl (C=O) groups excluding carboxylic acids is 1. The number of nitrogens with zero attached hydrogens (tertiary/aromatic N) is 1. The van der Waals surface area contributed by atoms with Gasteiger partial charge in [0.2, 0.25) is 5.91 Å². The van der Waals surface area contributed by atoms with Crippen LogP contribution in [0.15, 0.2) is 42.0 Å². The van der Waals surface area contributed by atoms with E-state index in [4.69, 9.17) is 0 Å². The van der Waals surface area contributed by atoms with Gasteiger partial charge in [0.15, 0.2) is 0 Å². The lowest BCUT2D eigenvalue weighted by Gasteiger charge is -2.51. The van der Waals surface area contributed by atoms with Gasteiger partial charge in [0.25, 0.3) is 0 Å². The lowest BCUT2D eigenvalue weighted by Crippen LogP contribution is -2.56. The van der Waals surface area contributed by atoms with Crippen molar-refractivity contribution in [1.29, 1.82) is 0 Å². The molecule has 0 spiro atoms. The first-order valence-electron chi connectivity index (χ1n) is 7.50. The quantitative estimate of drug-likeness (QED) is 0.838. The van der Waals surface area contributed by atoms with Gasteiger partial charge in [-0.25, -0.2) is 0 Å². The molecule has 0 atom stereocenters. The summed E-state index contributed by atoms with van der Waals surface area (Å²) in [5.41, 5.74) is 2.20. The van der Waals surface area contributed by atoms with E-state index in [2.05, 4.69) is 45.0 Å². The van der Waals surface area contributed by atoms with Crippen molar-refractivity contribution >= 4 is 11.6 Å². The second kappa shape index (κ2) is 5.64. The van der Waals surface area contributed by atoms with Crippen LogP contribution in [0.2, 0.25) is 0 Å². The molecular formula is C18H26N2O. The number of anilines is 1. The van der Waals surface area contributed by atoms with Gasteiger partial charge in [-0.3, -0.25) is 9.69 Å². The van der Waals surface area contributed by atoms with E-state index in [1.54, 1.807) is 6.08 Å². The number of carbonyl (C=O) groups is 1. The summed E-state index contributed by atoms with van der Waals surface area (Å²) in [6.07, 6.45) is 3.63. The second-order valence-corrected chi connectivity index (χ2v) is 7.20. The number of para-hydroxylation sites is 1. The third kappa shape index (κ3) is 3.73. The molecule has 1 aromatic rings. The molecule has 0 aliphatic carbocycles. The number of likely N-dealkylation sites (tertiary alicyclic amines) is 1. The largest absolute Gasteiger partial charge is 0.323 e. The van der Waals surface area contributed by atoms with Crippen LogP contribution in [-0.4, -0.2) is 28.9 Å². The van der Waals surface area contributed by atoms with Crippen LogP contribution in [0, 0.1) is 0 Å². The summed E-state index contributed by atoms with van der Waals surface area (Å²) in [7, 11) is 2.17. The summed E-state index contributed by atoms with van der Waals surface area (Å²) >= 11 is 0. The molecule has 0 bridgehead atoms. The molecule has 2 rings (SSSR count). The molecule has 1 N–H and O–H groups in total. The van der Waals surface area contributed by atoms with Crippen molar-refractivity contribution in [3.63, 3.8) is 0 Å². The van der Waals surface area contributed by atoms with E-state index in [0.717, 1.165) is 18.5 Å². The molecule has 0 unspecified atom stereocenters. The van der Waals surface area contributed by atoms with Gasteiger partial charge in [0.05, 0.1) is 0 Å². The number of benzene rings is 1. The van der Waals surface area contributed by atoms with Gasteiger partial charge in [0.1, 0.15) is 0 Å². The predicted octanol–water partition coefficient (Wildman–Crippen LogP) is 3.83. The fourth-order valence-corrected chi connectivity index (χ4v) is 3.22. The number of rotatable bonds is 2. The van der Waals surface area contributed by atoms with Crippen LogP contribution in [0.5, 0.6) is 0 Å². The van der Waals surface area contributed by atoms with E-state index >= 15 is 0 Å². The summed E-state index contributed by atoms with van der Waals surface area (Å²) in [4.78, 5) is 14.6. The SMILES string of the molecule is CN1C(C)(C)CC(=CC(=O)Nc2ccccc2)CC1(C)C. The zero-order chi connectivity index (χ0) is 15.7. The third-order valence-electron chi connectivity index (χ3n) is 4.51. The maximum atomic E-state index is 12.2. The van der Waals surface area contributed by atoms with Crippen LogP contribution in [0.3, 0.4) is 0 Å². The highest BCUT2D eigenvalue weighted by Crippen LogP contribution is 2.39. The van der Waals surface area contributed by atoms with Crippen molar-refractivity contribution in [3.8, 4) is 0 Å². The second-order valence-electron chi connectivity index (χ2n) is 7.20. The highest BCUT2D eigenvalue weighted by atomic mass is 16.1. The maximum absolute atomic E-state index is 12.2. The van der Waals surface area contributed by atoms with Crippen molar-refractivity contribution in [2.24, 2.45) is 0 Å². The Morgan fingerprint density at radius 2 is 1.62 bits per heavy atom. The molecular weight excluding hydrogens is 260 g/mol. The smallest absolute Gasteiger partial charge is 0.248 e. The predicted molar refractivity (Wildman–Crippen MR) is 88.3 cm³/mol. The van der Waals surface area contributed by atoms with E-state index in [9.17, 15) is 4.79 Å². The van der Waals surface area contributed by atoms with Gasteiger partial charge >= 0.3 is 0 Å². The molecule has 1 amide bonds. The first kappa shape index (κ1) is 15.8. The topological polar surface area (TPSA) is 32.3 Å². The summed E-state index contributed by atoms with van der Waals surface area (Å²) < 4.78 is 0. The Bertz CT molecular complexity index is 524. The summed E-state index contributed by atoms with van der Waals surface area (Å²) in [5, 5.41) is 2.93. The van der Waals surface area contributed by atoms with Crippen LogP contribution in [0.4, 0.5) is 5.69 Å². The van der Waals surface area contributed by atoms with E-state index in [-0.39, 0.29) is 17.0 Å². The Morgan fingerprint density at radius 1 is 1.10 bits per heavy atom. The van der Waals surface area contributed by atoms with E-state index in [1.807, 2.05) is 30.3 Å². The van der Waals surface area contributed by atoms with Crippen molar-refractivity contribution in [2.75, 3.05) is 12.4 Å². The third-order valence-corrected chi connectivity index (χ3v) is 4.51. The van der Waals surface area contributed by atoms with Gasteiger partial charge in [-0.2, -0.15) is 0 Å².